The van der Waals surface area contributed by atoms with Crippen molar-refractivity contribution >= 4 is 11.6 Å². The van der Waals surface area contributed by atoms with Gasteiger partial charge in [0.25, 0.3) is 0 Å². The minimum Gasteiger partial charge on any atom is -0.491 e. The Labute approximate surface area is 184 Å². The van der Waals surface area contributed by atoms with E-state index in [0.717, 1.165) is 13.1 Å². The number of rotatable bonds is 9. The maximum atomic E-state index is 13.0. The van der Waals surface area contributed by atoms with Crippen molar-refractivity contribution in [2.75, 3.05) is 37.7 Å². The zero-order valence-corrected chi connectivity index (χ0v) is 18.4. The van der Waals surface area contributed by atoms with Crippen molar-refractivity contribution in [3.63, 3.8) is 0 Å². The van der Waals surface area contributed by atoms with Crippen LogP contribution in [0, 0.1) is 5.82 Å². The van der Waals surface area contributed by atoms with Crippen LogP contribution < -0.4 is 20.3 Å². The van der Waals surface area contributed by atoms with Gasteiger partial charge >= 0.3 is 0 Å². The Hall–Kier alpha value is -2.80. The van der Waals surface area contributed by atoms with Gasteiger partial charge in [0, 0.05) is 25.3 Å². The standard InChI is InChI=1S/C24H33FN4O2/c1-3-26-24(27-16-22(30)17-31-23-11-9-20(25)10-12-23)28-18(2)19-7-6-8-21(15-19)29-13-4-5-14-29/h6-12,15,18,22,30H,3-5,13-14,16-17H2,1-2H3,(H2,26,27,28). The van der Waals surface area contributed by atoms with Crippen molar-refractivity contribution in [1.29, 1.82) is 0 Å². The van der Waals surface area contributed by atoms with Crippen LogP contribution in [0.1, 0.15) is 38.3 Å². The Balaban J connectivity index is 1.54. The van der Waals surface area contributed by atoms with Gasteiger partial charge in [0.1, 0.15) is 24.3 Å². The highest BCUT2D eigenvalue weighted by Crippen LogP contribution is 2.24. The van der Waals surface area contributed by atoms with Crippen molar-refractivity contribution < 1.29 is 14.2 Å². The van der Waals surface area contributed by atoms with Crippen LogP contribution in [0.25, 0.3) is 0 Å². The quantitative estimate of drug-likeness (QED) is 0.421. The fourth-order valence-electron chi connectivity index (χ4n) is 3.55. The van der Waals surface area contributed by atoms with Crippen LogP contribution in [-0.2, 0) is 0 Å². The smallest absolute Gasteiger partial charge is 0.191 e. The molecule has 0 aliphatic carbocycles. The number of halogens is 1. The average Bonchev–Trinajstić information content (AvgIpc) is 3.32. The number of hydrogen-bond acceptors (Lipinski definition) is 4. The zero-order valence-electron chi connectivity index (χ0n) is 18.4. The highest BCUT2D eigenvalue weighted by Gasteiger charge is 2.15. The van der Waals surface area contributed by atoms with Crippen molar-refractivity contribution in [3.8, 4) is 5.75 Å². The molecule has 1 saturated heterocycles. The third-order valence-electron chi connectivity index (χ3n) is 5.26. The Bertz CT molecular complexity index is 838. The van der Waals surface area contributed by atoms with Crippen LogP contribution in [0.4, 0.5) is 10.1 Å². The van der Waals surface area contributed by atoms with Crippen molar-refractivity contribution in [3.05, 3.63) is 59.9 Å². The van der Waals surface area contributed by atoms with Gasteiger partial charge in [-0.05, 0) is 68.7 Å². The van der Waals surface area contributed by atoms with Gasteiger partial charge in [0.2, 0.25) is 0 Å². The fourth-order valence-corrected chi connectivity index (χ4v) is 3.55. The number of hydrogen-bond donors (Lipinski definition) is 3. The second-order valence-electron chi connectivity index (χ2n) is 7.79. The molecule has 0 saturated carbocycles. The predicted octanol–water partition coefficient (Wildman–Crippen LogP) is 3.48. The predicted molar refractivity (Wildman–Crippen MR) is 123 cm³/mol. The molecule has 7 heteroatoms. The first-order valence-corrected chi connectivity index (χ1v) is 11.0. The monoisotopic (exact) mass is 428 g/mol. The molecule has 1 fully saturated rings. The molecular formula is C24H33FN4O2. The lowest BCUT2D eigenvalue weighted by Crippen LogP contribution is -2.39. The number of aliphatic hydroxyl groups excluding tert-OH is 1. The first-order valence-electron chi connectivity index (χ1n) is 11.0. The molecule has 0 spiro atoms. The van der Waals surface area contributed by atoms with E-state index in [0.29, 0.717) is 18.3 Å². The molecule has 1 aliphatic heterocycles. The van der Waals surface area contributed by atoms with Crippen LogP contribution in [0.15, 0.2) is 53.5 Å². The molecule has 3 N–H and O–H groups in total. The maximum absolute atomic E-state index is 13.0. The summed E-state index contributed by atoms with van der Waals surface area (Å²) >= 11 is 0. The van der Waals surface area contributed by atoms with Crippen molar-refractivity contribution in [2.45, 2.75) is 38.8 Å². The second kappa shape index (κ2) is 11.6. The Morgan fingerprint density at radius 1 is 1.19 bits per heavy atom. The first-order chi connectivity index (χ1) is 15.0. The number of nitrogens with one attached hydrogen (secondary N) is 2. The fraction of sp³-hybridized carbons (Fsp3) is 0.458. The molecule has 31 heavy (non-hydrogen) atoms. The third-order valence-corrected chi connectivity index (χ3v) is 5.26. The van der Waals surface area contributed by atoms with Gasteiger partial charge in [-0.25, -0.2) is 4.39 Å². The highest BCUT2D eigenvalue weighted by atomic mass is 19.1. The SMILES string of the molecule is CCNC(=NCC(O)COc1ccc(F)cc1)NC(C)c1cccc(N2CCCC2)c1. The van der Waals surface area contributed by atoms with Gasteiger partial charge in [-0.15, -0.1) is 0 Å². The van der Waals surface area contributed by atoms with E-state index in [9.17, 15) is 9.50 Å². The summed E-state index contributed by atoms with van der Waals surface area (Å²) in [7, 11) is 0. The molecule has 0 bridgehead atoms. The molecule has 1 heterocycles. The number of anilines is 1. The van der Waals surface area contributed by atoms with Gasteiger partial charge in [-0.2, -0.15) is 0 Å². The van der Waals surface area contributed by atoms with Gasteiger partial charge < -0.3 is 25.4 Å². The second-order valence-corrected chi connectivity index (χ2v) is 7.79. The number of nitrogens with zero attached hydrogens (tertiary/aromatic N) is 2. The molecule has 1 aliphatic rings. The molecule has 2 unspecified atom stereocenters. The van der Waals surface area contributed by atoms with Crippen LogP contribution in [0.2, 0.25) is 0 Å². The van der Waals surface area contributed by atoms with E-state index in [-0.39, 0.29) is 25.0 Å². The van der Waals surface area contributed by atoms with E-state index in [1.165, 1.54) is 48.4 Å². The maximum Gasteiger partial charge on any atom is 0.191 e. The van der Waals surface area contributed by atoms with Crippen molar-refractivity contribution in [1.82, 2.24) is 10.6 Å². The highest BCUT2D eigenvalue weighted by molar-refractivity contribution is 5.80. The average molecular weight is 429 g/mol. The lowest BCUT2D eigenvalue weighted by atomic mass is 10.1. The molecule has 2 atom stereocenters. The number of aliphatic hydroxyl groups is 1. The van der Waals surface area contributed by atoms with Gasteiger partial charge in [-0.3, -0.25) is 4.99 Å². The summed E-state index contributed by atoms with van der Waals surface area (Å²) in [6.45, 7) is 7.34. The molecule has 2 aromatic carbocycles. The molecule has 0 radical (unpaired) electrons. The van der Waals surface area contributed by atoms with Crippen LogP contribution in [0.3, 0.4) is 0 Å². The summed E-state index contributed by atoms with van der Waals surface area (Å²) in [4.78, 5) is 6.92. The lowest BCUT2D eigenvalue weighted by molar-refractivity contribution is 0.114. The molecule has 6 nitrogen and oxygen atoms in total. The number of aliphatic imine (C=N–C) groups is 1. The molecule has 3 rings (SSSR count). The molecule has 2 aromatic rings. The molecular weight excluding hydrogens is 395 g/mol. The van der Waals surface area contributed by atoms with E-state index in [1.807, 2.05) is 6.92 Å². The minimum absolute atomic E-state index is 0.0629. The lowest BCUT2D eigenvalue weighted by Gasteiger charge is -2.22. The molecule has 0 amide bonds. The van der Waals surface area contributed by atoms with E-state index in [4.69, 9.17) is 4.74 Å². The van der Waals surface area contributed by atoms with Crippen LogP contribution in [0.5, 0.6) is 5.75 Å². The summed E-state index contributed by atoms with van der Waals surface area (Å²) in [5.74, 6) is 0.835. The van der Waals surface area contributed by atoms with E-state index in [1.54, 1.807) is 0 Å². The topological polar surface area (TPSA) is 69.1 Å². The molecule has 168 valence electrons. The number of benzene rings is 2. The Kier molecular flexibility index (Phi) is 8.53. The zero-order chi connectivity index (χ0) is 22.1. The number of ether oxygens (including phenoxy) is 1. The summed E-state index contributed by atoms with van der Waals surface area (Å²) in [5, 5.41) is 16.9. The summed E-state index contributed by atoms with van der Waals surface area (Å²) in [6, 6.07) is 14.4. The van der Waals surface area contributed by atoms with Crippen molar-refractivity contribution in [2.24, 2.45) is 4.99 Å². The normalized spacial score (nSPS) is 16.1. The van der Waals surface area contributed by atoms with Gasteiger partial charge in [0.15, 0.2) is 5.96 Å². The number of guanidine groups is 1. The summed E-state index contributed by atoms with van der Waals surface area (Å²) in [5.41, 5.74) is 2.45. The van der Waals surface area contributed by atoms with Gasteiger partial charge in [0.05, 0.1) is 12.6 Å². The summed E-state index contributed by atoms with van der Waals surface area (Å²) in [6.07, 6.45) is 1.74. The largest absolute Gasteiger partial charge is 0.491 e. The molecule has 0 aromatic heterocycles. The third kappa shape index (κ3) is 7.14. The van der Waals surface area contributed by atoms with E-state index in [2.05, 4.69) is 51.7 Å². The first kappa shape index (κ1) is 22.9. The Morgan fingerprint density at radius 3 is 2.65 bits per heavy atom. The van der Waals surface area contributed by atoms with E-state index < -0.39 is 6.10 Å². The van der Waals surface area contributed by atoms with Crippen LogP contribution in [-0.4, -0.2) is 50.0 Å². The van der Waals surface area contributed by atoms with Crippen LogP contribution >= 0.6 is 0 Å². The summed E-state index contributed by atoms with van der Waals surface area (Å²) < 4.78 is 18.5. The van der Waals surface area contributed by atoms with Gasteiger partial charge in [-0.1, -0.05) is 12.1 Å². The van der Waals surface area contributed by atoms with E-state index >= 15 is 0 Å². The minimum atomic E-state index is -0.769. The Morgan fingerprint density at radius 2 is 1.94 bits per heavy atom.